The summed E-state index contributed by atoms with van der Waals surface area (Å²) in [6.07, 6.45) is 6.03. The maximum absolute atomic E-state index is 12.6. The van der Waals surface area contributed by atoms with Crippen LogP contribution in [-0.4, -0.2) is 76.6 Å². The van der Waals surface area contributed by atoms with E-state index in [1.807, 2.05) is 4.90 Å². The van der Waals surface area contributed by atoms with Crippen molar-refractivity contribution in [2.75, 3.05) is 37.7 Å². The summed E-state index contributed by atoms with van der Waals surface area (Å²) >= 11 is 0. The van der Waals surface area contributed by atoms with Gasteiger partial charge in [-0.15, -0.1) is 0 Å². The number of rotatable bonds is 8. The van der Waals surface area contributed by atoms with Gasteiger partial charge in [-0.25, -0.2) is 6.57 Å². The number of likely N-dealkylation sites (tertiary alicyclic amines) is 2. The highest BCUT2D eigenvalue weighted by Crippen LogP contribution is 2.38. The Morgan fingerprint density at radius 1 is 1.09 bits per heavy atom. The van der Waals surface area contributed by atoms with Gasteiger partial charge in [-0.2, -0.15) is 37.0 Å². The molecule has 3 atom stereocenters. The van der Waals surface area contributed by atoms with Gasteiger partial charge in [-0.1, -0.05) is 43.0 Å². The number of fused-ring (bicyclic) bond motifs is 2. The van der Waals surface area contributed by atoms with Gasteiger partial charge in [0.2, 0.25) is 12.5 Å². The lowest BCUT2D eigenvalue weighted by Crippen LogP contribution is -2.46. The topological polar surface area (TPSA) is 66.2 Å². The standard InChI is InChI=1S/C35H42N6O2.2H2S/c1-5-33(42)41-19-15-26(20-28(41)21-36-4)34-30-16-18-39(32-14-8-11-25-10-6-7-13-29(25)32)22-31(30)37-35(38-34)43-23-27-12-9-17-40(27)24(2)3;;/h5-8,10-11,13-14,24,26-28H,1,9,12,15-23H2,2-3H3;2*1H2/t26?,27-,28+;;/m0../s1. The summed E-state index contributed by atoms with van der Waals surface area (Å²) in [7, 11) is 0. The Morgan fingerprint density at radius 2 is 1.89 bits per heavy atom. The van der Waals surface area contributed by atoms with Crippen molar-refractivity contribution in [1.29, 1.82) is 0 Å². The first-order valence-electron chi connectivity index (χ1n) is 15.7. The number of carbonyl (C=O) groups excluding carboxylic acids is 1. The zero-order chi connectivity index (χ0) is 29.9. The molecule has 3 aliphatic heterocycles. The maximum Gasteiger partial charge on any atom is 0.316 e. The van der Waals surface area contributed by atoms with Crippen LogP contribution in [0.15, 0.2) is 55.1 Å². The van der Waals surface area contributed by atoms with Crippen LogP contribution in [0.1, 0.15) is 62.4 Å². The molecule has 6 rings (SSSR count). The Kier molecular flexibility index (Phi) is 11.8. The van der Waals surface area contributed by atoms with Crippen molar-refractivity contribution < 1.29 is 9.53 Å². The highest BCUT2D eigenvalue weighted by Gasteiger charge is 2.37. The molecule has 0 saturated carbocycles. The summed E-state index contributed by atoms with van der Waals surface area (Å²) in [6, 6.07) is 16.2. The number of aromatic nitrogens is 2. The van der Waals surface area contributed by atoms with Gasteiger partial charge in [0.25, 0.3) is 0 Å². The number of nitrogens with zero attached hydrogens (tertiary/aromatic N) is 6. The summed E-state index contributed by atoms with van der Waals surface area (Å²) in [6.45, 7) is 19.8. The highest BCUT2D eigenvalue weighted by molar-refractivity contribution is 7.59. The molecule has 0 radical (unpaired) electrons. The van der Waals surface area contributed by atoms with Crippen LogP contribution in [0.2, 0.25) is 0 Å². The Hall–Kier alpha value is -3.26. The average molecular weight is 647 g/mol. The van der Waals surface area contributed by atoms with Crippen LogP contribution in [0, 0.1) is 6.57 Å². The van der Waals surface area contributed by atoms with Crippen LogP contribution in [0.25, 0.3) is 15.6 Å². The molecule has 0 N–H and O–H groups in total. The van der Waals surface area contributed by atoms with Gasteiger partial charge in [0, 0.05) is 42.2 Å². The molecule has 10 heteroatoms. The van der Waals surface area contributed by atoms with Crippen molar-refractivity contribution >= 4 is 49.4 Å². The second-order valence-corrected chi connectivity index (χ2v) is 12.4. The van der Waals surface area contributed by atoms with E-state index in [1.165, 1.54) is 34.5 Å². The van der Waals surface area contributed by atoms with Crippen LogP contribution < -0.4 is 9.64 Å². The first kappa shape index (κ1) is 34.6. The summed E-state index contributed by atoms with van der Waals surface area (Å²) in [5.41, 5.74) is 4.50. The van der Waals surface area contributed by atoms with Gasteiger partial charge >= 0.3 is 6.01 Å². The van der Waals surface area contributed by atoms with Crippen molar-refractivity contribution in [2.24, 2.45) is 0 Å². The normalized spacial score (nSPS) is 21.4. The molecule has 0 spiro atoms. The number of carbonyl (C=O) groups is 1. The predicted molar refractivity (Wildman–Crippen MR) is 191 cm³/mol. The summed E-state index contributed by atoms with van der Waals surface area (Å²) in [5.74, 6) is 0.0419. The molecule has 8 nitrogen and oxygen atoms in total. The Bertz CT molecular complexity index is 1540. The molecule has 2 fully saturated rings. The molecule has 3 aliphatic rings. The third-order valence-electron chi connectivity index (χ3n) is 9.54. The zero-order valence-corrected chi connectivity index (χ0v) is 28.4. The van der Waals surface area contributed by atoms with Gasteiger partial charge in [-0.3, -0.25) is 9.69 Å². The second-order valence-electron chi connectivity index (χ2n) is 12.4. The fourth-order valence-electron chi connectivity index (χ4n) is 7.40. The molecular formula is C35H46N6O2S2. The molecule has 0 bridgehead atoms. The Morgan fingerprint density at radius 3 is 2.67 bits per heavy atom. The van der Waals surface area contributed by atoms with E-state index < -0.39 is 0 Å². The van der Waals surface area contributed by atoms with Crippen molar-refractivity contribution in [2.45, 2.75) is 76.5 Å². The lowest BCUT2D eigenvalue weighted by Gasteiger charge is -2.38. The third-order valence-corrected chi connectivity index (χ3v) is 9.54. The molecule has 1 amide bonds. The second kappa shape index (κ2) is 15.4. The minimum Gasteiger partial charge on any atom is -0.462 e. The van der Waals surface area contributed by atoms with E-state index in [2.05, 4.69) is 77.5 Å². The molecule has 45 heavy (non-hydrogen) atoms. The average Bonchev–Trinajstić information content (AvgIpc) is 3.52. The van der Waals surface area contributed by atoms with E-state index in [0.29, 0.717) is 44.2 Å². The monoisotopic (exact) mass is 646 g/mol. The van der Waals surface area contributed by atoms with Crippen LogP contribution in [0.5, 0.6) is 6.01 Å². The lowest BCUT2D eigenvalue weighted by molar-refractivity contribution is -0.129. The largest absolute Gasteiger partial charge is 0.462 e. The van der Waals surface area contributed by atoms with Crippen molar-refractivity contribution in [3.05, 3.63) is 83.5 Å². The van der Waals surface area contributed by atoms with E-state index in [4.69, 9.17) is 21.3 Å². The van der Waals surface area contributed by atoms with Gasteiger partial charge in [0.15, 0.2) is 0 Å². The Balaban J connectivity index is 0.00000230. The lowest BCUT2D eigenvalue weighted by atomic mass is 9.84. The number of hydrogen-bond donors (Lipinski definition) is 0. The minimum absolute atomic E-state index is 0. The van der Waals surface area contributed by atoms with Crippen molar-refractivity contribution in [1.82, 2.24) is 19.8 Å². The SMILES string of the molecule is S.S.[C-]#[N+]C[C@H]1CC(c2nc(OC[C@@H]3CCCN3C(C)C)nc3c2CCN(c2cccc4ccccc24)C3)CCN1C(=O)C=C. The molecule has 2 saturated heterocycles. The maximum atomic E-state index is 12.6. The van der Waals surface area contributed by atoms with Crippen LogP contribution in [0.4, 0.5) is 5.69 Å². The number of amides is 1. The van der Waals surface area contributed by atoms with E-state index >= 15 is 0 Å². The van der Waals surface area contributed by atoms with Crippen LogP contribution in [0.3, 0.4) is 0 Å². The number of ether oxygens (including phenoxy) is 1. The molecule has 4 heterocycles. The van der Waals surface area contributed by atoms with Gasteiger partial charge in [0.1, 0.15) is 12.6 Å². The number of piperidine rings is 1. The van der Waals surface area contributed by atoms with Crippen LogP contribution in [-0.2, 0) is 17.8 Å². The smallest absolute Gasteiger partial charge is 0.316 e. The minimum atomic E-state index is -0.148. The molecular weight excluding hydrogens is 601 g/mol. The fourth-order valence-corrected chi connectivity index (χ4v) is 7.40. The highest BCUT2D eigenvalue weighted by atomic mass is 32.1. The third kappa shape index (κ3) is 7.26. The zero-order valence-electron chi connectivity index (χ0n) is 26.4. The van der Waals surface area contributed by atoms with E-state index in [1.54, 1.807) is 0 Å². The van der Waals surface area contributed by atoms with Crippen LogP contribution >= 0.6 is 27.0 Å². The first-order valence-corrected chi connectivity index (χ1v) is 15.7. The fraction of sp³-hybridized carbons (Fsp3) is 0.486. The summed E-state index contributed by atoms with van der Waals surface area (Å²) < 4.78 is 6.42. The quantitative estimate of drug-likeness (QED) is 0.226. The molecule has 3 aromatic rings. The number of hydrogen-bond acceptors (Lipinski definition) is 6. The molecule has 2 aromatic carbocycles. The first-order chi connectivity index (χ1) is 21.0. The molecule has 1 aromatic heterocycles. The number of benzene rings is 2. The van der Waals surface area contributed by atoms with E-state index in [9.17, 15) is 4.79 Å². The number of anilines is 1. The molecule has 240 valence electrons. The molecule has 0 aliphatic carbocycles. The molecule has 1 unspecified atom stereocenters. The predicted octanol–water partition coefficient (Wildman–Crippen LogP) is 5.85. The van der Waals surface area contributed by atoms with E-state index in [0.717, 1.165) is 43.7 Å². The van der Waals surface area contributed by atoms with E-state index in [-0.39, 0.29) is 51.4 Å². The summed E-state index contributed by atoms with van der Waals surface area (Å²) in [5, 5.41) is 2.48. The summed E-state index contributed by atoms with van der Waals surface area (Å²) in [4.78, 5) is 33.2. The Labute approximate surface area is 281 Å². The van der Waals surface area contributed by atoms with Crippen molar-refractivity contribution in [3.8, 4) is 6.01 Å². The van der Waals surface area contributed by atoms with Crippen molar-refractivity contribution in [3.63, 3.8) is 0 Å². The van der Waals surface area contributed by atoms with Gasteiger partial charge in [-0.05, 0) is 75.6 Å². The van der Waals surface area contributed by atoms with Gasteiger partial charge in [0.05, 0.1) is 17.9 Å². The van der Waals surface area contributed by atoms with Gasteiger partial charge < -0.3 is 19.4 Å².